The van der Waals surface area contributed by atoms with Crippen molar-refractivity contribution in [2.75, 3.05) is 35.5 Å². The third-order valence-corrected chi connectivity index (χ3v) is 6.07. The summed E-state index contributed by atoms with van der Waals surface area (Å²) < 4.78 is 33.8. The Morgan fingerprint density at radius 3 is 2.24 bits per heavy atom. The van der Waals surface area contributed by atoms with Crippen molar-refractivity contribution >= 4 is 11.5 Å². The highest BCUT2D eigenvalue weighted by Gasteiger charge is 2.41. The average molecular weight is 465 g/mol. The predicted molar refractivity (Wildman–Crippen MR) is 126 cm³/mol. The number of rotatable bonds is 8. The molecule has 0 aromatic heterocycles. The summed E-state index contributed by atoms with van der Waals surface area (Å²) >= 11 is 0. The second kappa shape index (κ2) is 9.95. The molecule has 0 fully saturated rings. The van der Waals surface area contributed by atoms with Gasteiger partial charge in [0.1, 0.15) is 12.4 Å². The lowest BCUT2D eigenvalue weighted by molar-refractivity contribution is -0.133. The Bertz CT molecular complexity index is 1160. The Labute approximate surface area is 199 Å². The molecular weight excluding hydrogens is 436 g/mol. The van der Waals surface area contributed by atoms with Crippen LogP contribution in [0.15, 0.2) is 71.9 Å². The average Bonchev–Trinajstić information content (AvgIpc) is 2.89. The Morgan fingerprint density at radius 1 is 0.853 bits per heavy atom. The first-order chi connectivity index (χ1) is 16.6. The Balaban J connectivity index is 1.86. The first kappa shape index (κ1) is 23.3. The van der Waals surface area contributed by atoms with Gasteiger partial charge in [-0.2, -0.15) is 0 Å². The molecule has 0 aliphatic heterocycles. The fourth-order valence-corrected chi connectivity index (χ4v) is 4.50. The van der Waals surface area contributed by atoms with E-state index in [2.05, 4.69) is 0 Å². The molecule has 2 unspecified atom stereocenters. The van der Waals surface area contributed by atoms with Gasteiger partial charge in [0, 0.05) is 5.92 Å². The van der Waals surface area contributed by atoms with Crippen LogP contribution in [0.25, 0.3) is 5.57 Å². The third kappa shape index (κ3) is 4.09. The smallest absolute Gasteiger partial charge is 0.338 e. The van der Waals surface area contributed by atoms with Gasteiger partial charge < -0.3 is 28.4 Å². The van der Waals surface area contributed by atoms with Crippen LogP contribution in [0.3, 0.4) is 0 Å². The van der Waals surface area contributed by atoms with Gasteiger partial charge in [-0.05, 0) is 34.9 Å². The molecule has 2 atom stereocenters. The summed E-state index contributed by atoms with van der Waals surface area (Å²) in [6.07, 6.45) is 3.79. The zero-order chi connectivity index (χ0) is 24.2. The van der Waals surface area contributed by atoms with Gasteiger partial charge in [0.15, 0.2) is 23.0 Å². The normalized spacial score (nSPS) is 18.6. The summed E-state index contributed by atoms with van der Waals surface area (Å²) in [5, 5.41) is 0. The van der Waals surface area contributed by atoms with Gasteiger partial charge in [-0.1, -0.05) is 36.4 Å². The molecule has 0 saturated heterocycles. The molecule has 0 saturated carbocycles. The van der Waals surface area contributed by atoms with Crippen LogP contribution in [0.4, 0.5) is 0 Å². The van der Waals surface area contributed by atoms with E-state index in [1.807, 2.05) is 54.6 Å². The fraction of sp³-hybridized carbons (Fsp3) is 0.296. The van der Waals surface area contributed by atoms with Gasteiger partial charge in [0.25, 0.3) is 0 Å². The van der Waals surface area contributed by atoms with Crippen molar-refractivity contribution < 1.29 is 33.2 Å². The second-order valence-corrected chi connectivity index (χ2v) is 7.83. The minimum atomic E-state index is -0.438. The van der Waals surface area contributed by atoms with Crippen molar-refractivity contribution in [3.05, 3.63) is 88.6 Å². The highest BCUT2D eigenvalue weighted by Crippen LogP contribution is 2.50. The van der Waals surface area contributed by atoms with Crippen LogP contribution in [0, 0.1) is 5.92 Å². The molecule has 0 spiro atoms. The summed E-state index contributed by atoms with van der Waals surface area (Å²) in [6, 6.07) is 13.6. The largest absolute Gasteiger partial charge is 0.496 e. The summed E-state index contributed by atoms with van der Waals surface area (Å²) in [7, 11) is 7.69. The molecule has 2 aliphatic carbocycles. The maximum absolute atomic E-state index is 12.8. The zero-order valence-corrected chi connectivity index (χ0v) is 19.9. The molecule has 0 radical (unpaired) electrons. The van der Waals surface area contributed by atoms with Crippen LogP contribution in [-0.4, -0.2) is 41.5 Å². The maximum Gasteiger partial charge on any atom is 0.338 e. The number of benzene rings is 2. The predicted octanol–water partition coefficient (Wildman–Crippen LogP) is 4.59. The molecule has 4 rings (SSSR count). The molecule has 34 heavy (non-hydrogen) atoms. The number of hydrogen-bond acceptors (Lipinski definition) is 7. The van der Waals surface area contributed by atoms with E-state index >= 15 is 0 Å². The number of methoxy groups -OCH3 is 5. The van der Waals surface area contributed by atoms with Crippen LogP contribution in [0.2, 0.25) is 0 Å². The van der Waals surface area contributed by atoms with E-state index in [0.29, 0.717) is 46.5 Å². The van der Waals surface area contributed by atoms with Gasteiger partial charge in [-0.15, -0.1) is 0 Å². The molecule has 0 bridgehead atoms. The molecule has 0 heterocycles. The summed E-state index contributed by atoms with van der Waals surface area (Å²) in [4.78, 5) is 12.8. The van der Waals surface area contributed by atoms with Crippen molar-refractivity contribution in [1.82, 2.24) is 0 Å². The maximum atomic E-state index is 12.8. The number of carbonyl (C=O) groups is 1. The summed E-state index contributed by atoms with van der Waals surface area (Å²) in [5.41, 5.74) is 2.99. The van der Waals surface area contributed by atoms with Crippen molar-refractivity contribution in [1.29, 1.82) is 0 Å². The third-order valence-electron chi connectivity index (χ3n) is 6.07. The van der Waals surface area contributed by atoms with E-state index in [1.54, 1.807) is 28.4 Å². The molecule has 0 amide bonds. The molecule has 7 nitrogen and oxygen atoms in total. The molecule has 2 aromatic carbocycles. The topological polar surface area (TPSA) is 72.5 Å². The van der Waals surface area contributed by atoms with Gasteiger partial charge >= 0.3 is 5.97 Å². The van der Waals surface area contributed by atoms with Gasteiger partial charge in [0.05, 0.1) is 47.0 Å². The Kier molecular flexibility index (Phi) is 6.82. The number of fused-ring (bicyclic) bond motifs is 3. The summed E-state index contributed by atoms with van der Waals surface area (Å²) in [5.74, 6) is 1.83. The SMILES string of the molecule is COC(=O)C1=CC2C=C(OC)C(OC)=C(OC)C2c2cc(OC)c(OCc3ccccc3)cc21. The molecule has 2 aliphatic rings. The van der Waals surface area contributed by atoms with Crippen molar-refractivity contribution in [2.45, 2.75) is 12.5 Å². The lowest BCUT2D eigenvalue weighted by Crippen LogP contribution is -2.27. The van der Waals surface area contributed by atoms with Gasteiger partial charge in [-0.3, -0.25) is 0 Å². The first-order valence-electron chi connectivity index (χ1n) is 10.8. The van der Waals surface area contributed by atoms with Gasteiger partial charge in [0.2, 0.25) is 0 Å². The van der Waals surface area contributed by atoms with Crippen LogP contribution in [0.1, 0.15) is 22.6 Å². The van der Waals surface area contributed by atoms with Crippen molar-refractivity contribution in [3.63, 3.8) is 0 Å². The minimum absolute atomic E-state index is 0.216. The number of carbonyl (C=O) groups excluding carboxylic acids is 1. The van der Waals surface area contributed by atoms with Crippen LogP contribution in [-0.2, 0) is 30.3 Å². The fourth-order valence-electron chi connectivity index (χ4n) is 4.50. The minimum Gasteiger partial charge on any atom is -0.496 e. The van der Waals surface area contributed by atoms with E-state index in [-0.39, 0.29) is 11.8 Å². The van der Waals surface area contributed by atoms with Crippen LogP contribution in [0.5, 0.6) is 11.5 Å². The van der Waals surface area contributed by atoms with E-state index in [1.165, 1.54) is 7.11 Å². The molecular formula is C27H28O7. The monoisotopic (exact) mass is 464 g/mol. The number of ether oxygens (including phenoxy) is 6. The molecule has 178 valence electrons. The Hall–Kier alpha value is -3.87. The second-order valence-electron chi connectivity index (χ2n) is 7.83. The lowest BCUT2D eigenvalue weighted by Gasteiger charge is -2.35. The van der Waals surface area contributed by atoms with Crippen LogP contribution < -0.4 is 9.47 Å². The highest BCUT2D eigenvalue weighted by atomic mass is 16.5. The Morgan fingerprint density at radius 2 is 1.62 bits per heavy atom. The molecule has 2 aromatic rings. The van der Waals surface area contributed by atoms with E-state index in [0.717, 1.165) is 11.1 Å². The van der Waals surface area contributed by atoms with E-state index in [9.17, 15) is 4.79 Å². The summed E-state index contributed by atoms with van der Waals surface area (Å²) in [6.45, 7) is 0.357. The number of esters is 1. The zero-order valence-electron chi connectivity index (χ0n) is 19.9. The number of allylic oxidation sites excluding steroid dienone is 3. The first-order valence-corrected chi connectivity index (χ1v) is 10.8. The van der Waals surface area contributed by atoms with E-state index < -0.39 is 5.97 Å². The van der Waals surface area contributed by atoms with E-state index in [4.69, 9.17) is 28.4 Å². The molecule has 7 heteroatoms. The number of hydrogen-bond donors (Lipinski definition) is 0. The standard InChI is InChI=1S/C27H28O7/c1-29-21-14-19-18(13-22(21)34-15-16-9-7-6-8-10-16)20(27(28)33-5)11-17-12-23(30-2)25(31-3)26(32-4)24(17)19/h6-14,17,24H,15H2,1-5H3. The lowest BCUT2D eigenvalue weighted by atomic mass is 9.72. The van der Waals surface area contributed by atoms with Gasteiger partial charge in [-0.25, -0.2) is 4.79 Å². The van der Waals surface area contributed by atoms with Crippen molar-refractivity contribution in [2.24, 2.45) is 5.92 Å². The molecule has 0 N–H and O–H groups in total. The highest BCUT2D eigenvalue weighted by molar-refractivity contribution is 6.17. The quantitative estimate of drug-likeness (QED) is 0.529. The van der Waals surface area contributed by atoms with Crippen molar-refractivity contribution in [3.8, 4) is 11.5 Å². The van der Waals surface area contributed by atoms with Crippen LogP contribution >= 0.6 is 0 Å².